The van der Waals surface area contributed by atoms with Crippen LogP contribution in [0.1, 0.15) is 43.9 Å². The van der Waals surface area contributed by atoms with Crippen LogP contribution in [0.15, 0.2) is 60.8 Å². The van der Waals surface area contributed by atoms with E-state index in [-0.39, 0.29) is 23.8 Å². The molecule has 2 aliphatic rings. The number of nitrogens with two attached hydrogens (primary N) is 1. The Bertz CT molecular complexity index is 1460. The van der Waals surface area contributed by atoms with E-state index in [1.807, 2.05) is 26.1 Å². The smallest absolute Gasteiger partial charge is 0.264 e. The minimum Gasteiger partial charge on any atom is -0.383 e. The molecule has 1 saturated heterocycles. The molecular formula is C26H25F2N5O2. The molecule has 0 amide bonds. The molecule has 1 aromatic carbocycles. The number of hydrogen-bond donors (Lipinski definition) is 1. The van der Waals surface area contributed by atoms with E-state index in [0.29, 0.717) is 24.0 Å². The SMILES string of the molecule is CC1(C)O[C@@H]2[C@H](O1)C(CCc1ccc(C(F)F)c3ccncc13)=C[C@H]2n1ccc2c(N)ncnc21. The van der Waals surface area contributed by atoms with E-state index in [2.05, 4.69) is 25.6 Å². The molecule has 1 aliphatic heterocycles. The van der Waals surface area contributed by atoms with Crippen molar-refractivity contribution in [3.63, 3.8) is 0 Å². The monoisotopic (exact) mass is 477 g/mol. The summed E-state index contributed by atoms with van der Waals surface area (Å²) >= 11 is 0. The van der Waals surface area contributed by atoms with Gasteiger partial charge < -0.3 is 19.8 Å². The number of aryl methyl sites for hydroxylation is 1. The number of aromatic nitrogens is 4. The molecule has 7 nitrogen and oxygen atoms in total. The summed E-state index contributed by atoms with van der Waals surface area (Å²) in [5.41, 5.74) is 8.91. The Morgan fingerprint density at radius 2 is 1.91 bits per heavy atom. The second-order valence-electron chi connectivity index (χ2n) is 9.51. The van der Waals surface area contributed by atoms with Gasteiger partial charge in [-0.05, 0) is 55.3 Å². The van der Waals surface area contributed by atoms with Crippen molar-refractivity contribution >= 4 is 27.6 Å². The van der Waals surface area contributed by atoms with E-state index in [1.54, 1.807) is 24.5 Å². The fourth-order valence-electron chi connectivity index (χ4n) is 5.39. The highest BCUT2D eigenvalue weighted by Crippen LogP contribution is 2.45. The molecule has 3 atom stereocenters. The summed E-state index contributed by atoms with van der Waals surface area (Å²) in [5, 5.41) is 2.09. The van der Waals surface area contributed by atoms with Crippen LogP contribution in [0.4, 0.5) is 14.6 Å². The molecule has 0 unspecified atom stereocenters. The summed E-state index contributed by atoms with van der Waals surface area (Å²) in [6.45, 7) is 3.83. The number of ether oxygens (including phenoxy) is 2. The van der Waals surface area contributed by atoms with E-state index in [1.165, 1.54) is 12.4 Å². The summed E-state index contributed by atoms with van der Waals surface area (Å²) in [4.78, 5) is 12.7. The van der Waals surface area contributed by atoms with Crippen LogP contribution in [-0.4, -0.2) is 37.5 Å². The average Bonchev–Trinajstić information content (AvgIpc) is 3.49. The first-order valence-corrected chi connectivity index (χ1v) is 11.6. The molecule has 35 heavy (non-hydrogen) atoms. The first-order valence-electron chi connectivity index (χ1n) is 11.6. The number of hydrogen-bond acceptors (Lipinski definition) is 6. The Morgan fingerprint density at radius 1 is 1.06 bits per heavy atom. The minimum atomic E-state index is -2.53. The van der Waals surface area contributed by atoms with Gasteiger partial charge in [-0.1, -0.05) is 18.2 Å². The minimum absolute atomic E-state index is 0.0291. The molecule has 0 saturated carbocycles. The number of fused-ring (bicyclic) bond motifs is 3. The van der Waals surface area contributed by atoms with Crippen molar-refractivity contribution in [1.82, 2.24) is 19.5 Å². The van der Waals surface area contributed by atoms with Gasteiger partial charge in [0.15, 0.2) is 5.79 Å². The van der Waals surface area contributed by atoms with Crippen LogP contribution in [0, 0.1) is 0 Å². The predicted octanol–water partition coefficient (Wildman–Crippen LogP) is 5.13. The zero-order valence-electron chi connectivity index (χ0n) is 19.4. The average molecular weight is 478 g/mol. The molecule has 0 spiro atoms. The number of nitrogens with zero attached hydrogens (tertiary/aromatic N) is 4. The van der Waals surface area contributed by atoms with Crippen molar-refractivity contribution in [2.24, 2.45) is 0 Å². The maximum atomic E-state index is 13.5. The Kier molecular flexibility index (Phi) is 5.08. The molecule has 3 aromatic heterocycles. The summed E-state index contributed by atoms with van der Waals surface area (Å²) in [6.07, 6.45) is 7.21. The van der Waals surface area contributed by atoms with Gasteiger partial charge in [0.2, 0.25) is 0 Å². The maximum Gasteiger partial charge on any atom is 0.264 e. The summed E-state index contributed by atoms with van der Waals surface area (Å²) in [6, 6.07) is 6.75. The van der Waals surface area contributed by atoms with Crippen molar-refractivity contribution in [2.45, 2.75) is 57.2 Å². The van der Waals surface area contributed by atoms with Gasteiger partial charge in [0.05, 0.1) is 11.4 Å². The molecule has 1 fully saturated rings. The molecule has 2 N–H and O–H groups in total. The predicted molar refractivity (Wildman–Crippen MR) is 128 cm³/mol. The molecule has 4 aromatic rings. The van der Waals surface area contributed by atoms with Gasteiger partial charge in [-0.25, -0.2) is 18.7 Å². The lowest BCUT2D eigenvalue weighted by atomic mass is 9.96. The highest BCUT2D eigenvalue weighted by atomic mass is 19.3. The molecule has 1 aliphatic carbocycles. The van der Waals surface area contributed by atoms with E-state index >= 15 is 0 Å². The van der Waals surface area contributed by atoms with Crippen LogP contribution in [0.25, 0.3) is 21.8 Å². The topological polar surface area (TPSA) is 88.1 Å². The highest BCUT2D eigenvalue weighted by Gasteiger charge is 2.50. The van der Waals surface area contributed by atoms with Crippen molar-refractivity contribution < 1.29 is 18.3 Å². The fraction of sp³-hybridized carbons (Fsp3) is 0.346. The summed E-state index contributed by atoms with van der Waals surface area (Å²) in [5.74, 6) is -0.288. The number of halogens is 2. The van der Waals surface area contributed by atoms with Crippen molar-refractivity contribution in [3.05, 3.63) is 72.0 Å². The lowest BCUT2D eigenvalue weighted by Crippen LogP contribution is -2.27. The number of nitrogen functional groups attached to an aromatic ring is 1. The second kappa shape index (κ2) is 8.07. The van der Waals surface area contributed by atoms with Crippen LogP contribution in [-0.2, 0) is 15.9 Å². The lowest BCUT2D eigenvalue weighted by molar-refractivity contribution is -0.147. The largest absolute Gasteiger partial charge is 0.383 e. The van der Waals surface area contributed by atoms with Gasteiger partial charge in [0, 0.05) is 29.5 Å². The number of anilines is 1. The van der Waals surface area contributed by atoms with Crippen LogP contribution in [0.2, 0.25) is 0 Å². The third-order valence-electron chi connectivity index (χ3n) is 6.94. The second-order valence-corrected chi connectivity index (χ2v) is 9.51. The van der Waals surface area contributed by atoms with Gasteiger partial charge in [-0.2, -0.15) is 0 Å². The van der Waals surface area contributed by atoms with Crippen LogP contribution in [0.3, 0.4) is 0 Å². The molecule has 0 radical (unpaired) electrons. The molecule has 9 heteroatoms. The summed E-state index contributed by atoms with van der Waals surface area (Å²) < 4.78 is 41.7. The van der Waals surface area contributed by atoms with E-state index < -0.39 is 12.2 Å². The van der Waals surface area contributed by atoms with Gasteiger partial charge in [0.25, 0.3) is 6.43 Å². The molecule has 0 bridgehead atoms. The van der Waals surface area contributed by atoms with Crippen molar-refractivity contribution in [2.75, 3.05) is 5.73 Å². The van der Waals surface area contributed by atoms with Crippen molar-refractivity contribution in [3.8, 4) is 0 Å². The zero-order chi connectivity index (χ0) is 24.3. The van der Waals surface area contributed by atoms with Gasteiger partial charge in [-0.15, -0.1) is 0 Å². The van der Waals surface area contributed by atoms with Gasteiger partial charge in [-0.3, -0.25) is 4.98 Å². The van der Waals surface area contributed by atoms with Crippen LogP contribution >= 0.6 is 0 Å². The normalized spacial score (nSPS) is 23.3. The van der Waals surface area contributed by atoms with Crippen LogP contribution < -0.4 is 5.73 Å². The Morgan fingerprint density at radius 3 is 2.74 bits per heavy atom. The molecule has 180 valence electrons. The molecular weight excluding hydrogens is 452 g/mol. The van der Waals surface area contributed by atoms with Gasteiger partial charge in [0.1, 0.15) is 30.0 Å². The molecule has 4 heterocycles. The maximum absolute atomic E-state index is 13.5. The first kappa shape index (κ1) is 22.1. The number of rotatable bonds is 5. The molecule has 6 rings (SSSR count). The Labute approximate surface area is 200 Å². The lowest BCUT2D eigenvalue weighted by Gasteiger charge is -2.22. The standard InChI is InChI=1S/C26H25F2N5O2/c1-26(2)34-21-15(4-3-14-5-6-17(23(27)28)16-7-9-30-12-19(14)16)11-20(22(21)35-26)33-10-8-18-24(29)31-13-32-25(18)33/h5-13,20-23H,3-4H2,1-2H3,(H2,29,31,32)/t20-,21-,22+/m1/s1. The Hall–Kier alpha value is -3.43. The number of benzene rings is 1. The zero-order valence-corrected chi connectivity index (χ0v) is 19.4. The van der Waals surface area contributed by atoms with E-state index in [4.69, 9.17) is 15.2 Å². The van der Waals surface area contributed by atoms with E-state index in [9.17, 15) is 8.78 Å². The quantitative estimate of drug-likeness (QED) is 0.401. The van der Waals surface area contributed by atoms with Crippen LogP contribution in [0.5, 0.6) is 0 Å². The number of pyridine rings is 1. The third kappa shape index (κ3) is 3.66. The fourth-order valence-corrected chi connectivity index (χ4v) is 5.39. The highest BCUT2D eigenvalue weighted by molar-refractivity contribution is 5.88. The third-order valence-corrected chi connectivity index (χ3v) is 6.94. The Balaban J connectivity index is 1.34. The van der Waals surface area contributed by atoms with Gasteiger partial charge >= 0.3 is 0 Å². The number of alkyl halides is 2. The summed E-state index contributed by atoms with van der Waals surface area (Å²) in [7, 11) is 0. The first-order chi connectivity index (χ1) is 16.8. The van der Waals surface area contributed by atoms with Crippen molar-refractivity contribution in [1.29, 1.82) is 0 Å². The van der Waals surface area contributed by atoms with E-state index in [0.717, 1.165) is 27.6 Å².